The maximum atomic E-state index is 11.6. The molecular formula is C11H20N2O2S. The number of carbonyl (C=O) groups is 1. The molecule has 0 saturated heterocycles. The molecule has 0 bridgehead atoms. The fraction of sp³-hybridized carbons (Fsp3) is 0.818. The number of rotatable bonds is 5. The maximum Gasteiger partial charge on any atom is 0.226 e. The highest BCUT2D eigenvalue weighted by Crippen LogP contribution is 2.27. The average Bonchev–Trinajstić information content (AvgIpc) is 2.70. The first-order chi connectivity index (χ1) is 7.72. The molecule has 1 fully saturated rings. The van der Waals surface area contributed by atoms with Crippen molar-refractivity contribution in [1.82, 2.24) is 10.6 Å². The van der Waals surface area contributed by atoms with Crippen LogP contribution in [0, 0.1) is 5.92 Å². The number of amides is 1. The number of hydrogen-bond donors (Lipinski definition) is 2. The predicted octanol–water partition coefficient (Wildman–Crippen LogP) is 1.20. The Kier molecular flexibility index (Phi) is 6.33. The standard InChI is InChI=1S/C11H20N2O2S/c1-15-7-6-12-11(16)13-10(14)8-9-4-2-3-5-9/h9H,2-8H2,1H3,(H2,12,13,14,16). The molecule has 0 unspecified atom stereocenters. The molecule has 92 valence electrons. The summed E-state index contributed by atoms with van der Waals surface area (Å²) in [5, 5.41) is 6.01. The van der Waals surface area contributed by atoms with Gasteiger partial charge in [0.1, 0.15) is 0 Å². The summed E-state index contributed by atoms with van der Waals surface area (Å²) in [7, 11) is 1.63. The number of thiocarbonyl (C=S) groups is 1. The van der Waals surface area contributed by atoms with Gasteiger partial charge in [-0.25, -0.2) is 0 Å². The van der Waals surface area contributed by atoms with Gasteiger partial charge < -0.3 is 15.4 Å². The molecule has 0 aromatic heterocycles. The van der Waals surface area contributed by atoms with Gasteiger partial charge in [0.2, 0.25) is 5.91 Å². The van der Waals surface area contributed by atoms with Gasteiger partial charge in [-0.3, -0.25) is 4.79 Å². The van der Waals surface area contributed by atoms with Crippen molar-refractivity contribution in [3.05, 3.63) is 0 Å². The van der Waals surface area contributed by atoms with Gasteiger partial charge in [0.15, 0.2) is 5.11 Å². The maximum absolute atomic E-state index is 11.6. The van der Waals surface area contributed by atoms with Crippen LogP contribution < -0.4 is 10.6 Å². The first-order valence-electron chi connectivity index (χ1n) is 5.79. The van der Waals surface area contributed by atoms with Crippen LogP contribution in [-0.4, -0.2) is 31.3 Å². The molecule has 5 heteroatoms. The first-order valence-corrected chi connectivity index (χ1v) is 6.20. The van der Waals surface area contributed by atoms with Gasteiger partial charge >= 0.3 is 0 Å². The number of methoxy groups -OCH3 is 1. The monoisotopic (exact) mass is 244 g/mol. The lowest BCUT2D eigenvalue weighted by Crippen LogP contribution is -2.40. The molecule has 1 rings (SSSR count). The van der Waals surface area contributed by atoms with Gasteiger partial charge in [-0.1, -0.05) is 12.8 Å². The minimum Gasteiger partial charge on any atom is -0.383 e. The van der Waals surface area contributed by atoms with Gasteiger partial charge in [0.25, 0.3) is 0 Å². The van der Waals surface area contributed by atoms with E-state index in [9.17, 15) is 4.79 Å². The molecule has 1 aliphatic rings. The largest absolute Gasteiger partial charge is 0.383 e. The van der Waals surface area contributed by atoms with Gasteiger partial charge in [0.05, 0.1) is 6.61 Å². The van der Waals surface area contributed by atoms with Crippen molar-refractivity contribution in [2.45, 2.75) is 32.1 Å². The molecule has 0 aromatic rings. The van der Waals surface area contributed by atoms with Gasteiger partial charge in [-0.2, -0.15) is 0 Å². The lowest BCUT2D eigenvalue weighted by molar-refractivity contribution is -0.120. The number of nitrogens with one attached hydrogen (secondary N) is 2. The fourth-order valence-corrected chi connectivity index (χ4v) is 2.18. The van der Waals surface area contributed by atoms with Crippen molar-refractivity contribution in [2.75, 3.05) is 20.3 Å². The molecular weight excluding hydrogens is 224 g/mol. The second-order valence-electron chi connectivity index (χ2n) is 4.15. The Morgan fingerprint density at radius 1 is 1.44 bits per heavy atom. The summed E-state index contributed by atoms with van der Waals surface area (Å²) in [5.74, 6) is 0.587. The Balaban J connectivity index is 2.10. The van der Waals surface area contributed by atoms with Crippen molar-refractivity contribution < 1.29 is 9.53 Å². The molecule has 0 heterocycles. The number of carbonyl (C=O) groups excluding carboxylic acids is 1. The third kappa shape index (κ3) is 5.42. The second kappa shape index (κ2) is 7.57. The Hall–Kier alpha value is -0.680. The van der Waals surface area contributed by atoms with Crippen LogP contribution >= 0.6 is 12.2 Å². The molecule has 1 amide bonds. The molecule has 0 aliphatic heterocycles. The summed E-state index contributed by atoms with van der Waals surface area (Å²) in [6, 6.07) is 0. The van der Waals surface area contributed by atoms with Crippen molar-refractivity contribution in [1.29, 1.82) is 0 Å². The highest BCUT2D eigenvalue weighted by Gasteiger charge is 2.18. The number of hydrogen-bond acceptors (Lipinski definition) is 3. The molecule has 1 aliphatic carbocycles. The molecule has 2 N–H and O–H groups in total. The van der Waals surface area contributed by atoms with E-state index in [0.717, 1.165) is 0 Å². The van der Waals surface area contributed by atoms with E-state index in [1.807, 2.05) is 0 Å². The van der Waals surface area contributed by atoms with E-state index in [0.29, 0.717) is 30.6 Å². The van der Waals surface area contributed by atoms with E-state index in [4.69, 9.17) is 17.0 Å². The third-order valence-corrected chi connectivity index (χ3v) is 3.04. The zero-order valence-corrected chi connectivity index (χ0v) is 10.6. The van der Waals surface area contributed by atoms with Crippen molar-refractivity contribution in [3.8, 4) is 0 Å². The minimum absolute atomic E-state index is 0.0295. The summed E-state index contributed by atoms with van der Waals surface area (Å²) in [5.41, 5.74) is 0. The average molecular weight is 244 g/mol. The van der Waals surface area contributed by atoms with Crippen LogP contribution in [0.3, 0.4) is 0 Å². The second-order valence-corrected chi connectivity index (χ2v) is 4.56. The van der Waals surface area contributed by atoms with Crippen LogP contribution in [0.15, 0.2) is 0 Å². The molecule has 0 aromatic carbocycles. The molecule has 0 radical (unpaired) electrons. The summed E-state index contributed by atoms with van der Waals surface area (Å²) < 4.78 is 4.87. The predicted molar refractivity (Wildman–Crippen MR) is 67.2 cm³/mol. The molecule has 1 saturated carbocycles. The van der Waals surface area contributed by atoms with E-state index in [1.54, 1.807) is 7.11 Å². The molecule has 0 atom stereocenters. The number of ether oxygens (including phenoxy) is 1. The lowest BCUT2D eigenvalue weighted by atomic mass is 10.0. The summed E-state index contributed by atoms with van der Waals surface area (Å²) >= 11 is 4.99. The van der Waals surface area contributed by atoms with Crippen LogP contribution in [0.1, 0.15) is 32.1 Å². The van der Waals surface area contributed by atoms with Crippen molar-refractivity contribution >= 4 is 23.2 Å². The Bertz CT molecular complexity index is 240. The topological polar surface area (TPSA) is 50.4 Å². The van der Waals surface area contributed by atoms with E-state index in [1.165, 1.54) is 25.7 Å². The Morgan fingerprint density at radius 2 is 2.12 bits per heavy atom. The fourth-order valence-electron chi connectivity index (χ4n) is 1.97. The Morgan fingerprint density at radius 3 is 2.75 bits per heavy atom. The van der Waals surface area contributed by atoms with Gasteiger partial charge in [-0.05, 0) is 31.0 Å². The summed E-state index contributed by atoms with van der Waals surface area (Å²) in [6.45, 7) is 1.21. The highest BCUT2D eigenvalue weighted by atomic mass is 32.1. The smallest absolute Gasteiger partial charge is 0.226 e. The van der Waals surface area contributed by atoms with Crippen molar-refractivity contribution in [2.24, 2.45) is 5.92 Å². The van der Waals surface area contributed by atoms with E-state index in [2.05, 4.69) is 10.6 Å². The summed E-state index contributed by atoms with van der Waals surface area (Å²) in [4.78, 5) is 11.6. The third-order valence-electron chi connectivity index (χ3n) is 2.79. The molecule has 4 nitrogen and oxygen atoms in total. The summed E-state index contributed by atoms with van der Waals surface area (Å²) in [6.07, 6.45) is 5.48. The zero-order valence-electron chi connectivity index (χ0n) is 9.75. The van der Waals surface area contributed by atoms with Gasteiger partial charge in [0, 0.05) is 20.1 Å². The quantitative estimate of drug-likeness (QED) is 0.564. The van der Waals surface area contributed by atoms with E-state index < -0.39 is 0 Å². The van der Waals surface area contributed by atoms with E-state index in [-0.39, 0.29) is 5.91 Å². The first kappa shape index (κ1) is 13.4. The normalized spacial score (nSPS) is 16.1. The molecule has 16 heavy (non-hydrogen) atoms. The Labute approximate surface area is 102 Å². The van der Waals surface area contributed by atoms with Crippen LogP contribution in [0.25, 0.3) is 0 Å². The van der Waals surface area contributed by atoms with E-state index >= 15 is 0 Å². The van der Waals surface area contributed by atoms with Crippen LogP contribution in [-0.2, 0) is 9.53 Å². The van der Waals surface area contributed by atoms with Gasteiger partial charge in [-0.15, -0.1) is 0 Å². The SMILES string of the molecule is COCCNC(=S)NC(=O)CC1CCCC1. The van der Waals surface area contributed by atoms with Crippen LogP contribution in [0.5, 0.6) is 0 Å². The minimum atomic E-state index is 0.0295. The van der Waals surface area contributed by atoms with Crippen molar-refractivity contribution in [3.63, 3.8) is 0 Å². The van der Waals surface area contributed by atoms with Crippen LogP contribution in [0.4, 0.5) is 0 Å². The zero-order chi connectivity index (χ0) is 11.8. The molecule has 0 spiro atoms. The highest BCUT2D eigenvalue weighted by molar-refractivity contribution is 7.80. The lowest BCUT2D eigenvalue weighted by Gasteiger charge is -2.11. The van der Waals surface area contributed by atoms with Crippen LogP contribution in [0.2, 0.25) is 0 Å².